The van der Waals surface area contributed by atoms with E-state index in [0.717, 1.165) is 12.2 Å². The number of amides is 1. The maximum absolute atomic E-state index is 12.3. The summed E-state index contributed by atoms with van der Waals surface area (Å²) < 4.78 is 6.13. The Bertz CT molecular complexity index is 656. The molecule has 1 atom stereocenters. The van der Waals surface area contributed by atoms with Crippen LogP contribution in [-0.4, -0.2) is 23.0 Å². The second-order valence-electron chi connectivity index (χ2n) is 5.98. The van der Waals surface area contributed by atoms with E-state index in [-0.39, 0.29) is 11.5 Å². The van der Waals surface area contributed by atoms with Gasteiger partial charge in [0.2, 0.25) is 5.91 Å². The minimum absolute atomic E-state index is 0.187. The third kappa shape index (κ3) is 2.19. The summed E-state index contributed by atoms with van der Waals surface area (Å²) in [7, 11) is 0. The molecule has 4 rings (SSSR count). The highest BCUT2D eigenvalue weighted by Gasteiger charge is 2.48. The van der Waals surface area contributed by atoms with E-state index < -0.39 is 0 Å². The molecule has 1 spiro atoms. The molecule has 3 nitrogen and oxygen atoms in total. The van der Waals surface area contributed by atoms with Crippen molar-refractivity contribution < 1.29 is 9.53 Å². The van der Waals surface area contributed by atoms with Crippen molar-refractivity contribution in [1.82, 2.24) is 4.90 Å². The standard InChI is InChI=1S/C18H17NO2/c20-17-11-18(10-15-8-4-5-9-16(15)21-18)13-19(17)12-14-6-2-1-3-7-14/h1-9H,10-13H2. The Balaban J connectivity index is 1.53. The zero-order valence-electron chi connectivity index (χ0n) is 11.8. The average molecular weight is 279 g/mol. The van der Waals surface area contributed by atoms with Gasteiger partial charge in [0.05, 0.1) is 13.0 Å². The maximum atomic E-state index is 12.3. The van der Waals surface area contributed by atoms with E-state index >= 15 is 0 Å². The molecule has 2 aliphatic heterocycles. The van der Waals surface area contributed by atoms with E-state index in [0.29, 0.717) is 19.5 Å². The van der Waals surface area contributed by atoms with Crippen molar-refractivity contribution >= 4 is 5.91 Å². The lowest BCUT2D eigenvalue weighted by molar-refractivity contribution is -0.128. The van der Waals surface area contributed by atoms with Crippen molar-refractivity contribution in [3.05, 3.63) is 65.7 Å². The van der Waals surface area contributed by atoms with E-state index in [2.05, 4.69) is 18.2 Å². The van der Waals surface area contributed by atoms with Crippen LogP contribution in [0.1, 0.15) is 17.5 Å². The fraction of sp³-hybridized carbons (Fsp3) is 0.278. The summed E-state index contributed by atoms with van der Waals surface area (Å²) in [5, 5.41) is 0. The average Bonchev–Trinajstić information content (AvgIpc) is 2.99. The molecule has 0 radical (unpaired) electrons. The molecule has 1 amide bonds. The lowest BCUT2D eigenvalue weighted by Gasteiger charge is -2.23. The Morgan fingerprint density at radius 1 is 1.00 bits per heavy atom. The molecule has 1 saturated heterocycles. The van der Waals surface area contributed by atoms with Crippen LogP contribution in [0, 0.1) is 0 Å². The second-order valence-corrected chi connectivity index (χ2v) is 5.98. The van der Waals surface area contributed by atoms with E-state index in [4.69, 9.17) is 4.74 Å². The van der Waals surface area contributed by atoms with Crippen LogP contribution < -0.4 is 4.74 Å². The van der Waals surface area contributed by atoms with Crippen molar-refractivity contribution in [2.45, 2.75) is 25.0 Å². The molecule has 2 heterocycles. The number of rotatable bonds is 2. The molecule has 0 aromatic heterocycles. The minimum Gasteiger partial charge on any atom is -0.484 e. The lowest BCUT2D eigenvalue weighted by Crippen LogP contribution is -2.37. The first-order valence-electron chi connectivity index (χ1n) is 7.33. The van der Waals surface area contributed by atoms with E-state index in [1.165, 1.54) is 11.1 Å². The number of carbonyl (C=O) groups is 1. The Hall–Kier alpha value is -2.29. The number of hydrogen-bond donors (Lipinski definition) is 0. The first-order valence-corrected chi connectivity index (χ1v) is 7.33. The third-order valence-electron chi connectivity index (χ3n) is 4.33. The van der Waals surface area contributed by atoms with Gasteiger partial charge in [0.1, 0.15) is 11.4 Å². The number of hydrogen-bond acceptors (Lipinski definition) is 2. The first kappa shape index (κ1) is 12.5. The molecule has 3 heteroatoms. The van der Waals surface area contributed by atoms with Crippen molar-refractivity contribution in [3.63, 3.8) is 0 Å². The van der Waals surface area contributed by atoms with Crippen LogP contribution in [0.2, 0.25) is 0 Å². The molecule has 0 N–H and O–H groups in total. The van der Waals surface area contributed by atoms with E-state index in [1.807, 2.05) is 41.3 Å². The summed E-state index contributed by atoms with van der Waals surface area (Å²) in [6.07, 6.45) is 1.31. The number of carbonyl (C=O) groups excluding carboxylic acids is 1. The fourth-order valence-electron chi connectivity index (χ4n) is 3.38. The van der Waals surface area contributed by atoms with Gasteiger partial charge in [0.15, 0.2) is 0 Å². The van der Waals surface area contributed by atoms with Crippen LogP contribution in [0.5, 0.6) is 5.75 Å². The molecule has 106 valence electrons. The van der Waals surface area contributed by atoms with Gasteiger partial charge in [-0.25, -0.2) is 0 Å². The van der Waals surface area contributed by atoms with Crippen LogP contribution in [0.25, 0.3) is 0 Å². The quantitative estimate of drug-likeness (QED) is 0.846. The molecule has 1 unspecified atom stereocenters. The smallest absolute Gasteiger partial charge is 0.227 e. The number of benzene rings is 2. The summed E-state index contributed by atoms with van der Waals surface area (Å²) in [4.78, 5) is 14.3. The monoisotopic (exact) mass is 279 g/mol. The number of para-hydroxylation sites is 1. The Labute approximate surface area is 124 Å². The summed E-state index contributed by atoms with van der Waals surface area (Å²) in [5.74, 6) is 1.12. The SMILES string of the molecule is O=C1CC2(Cc3ccccc3O2)CN1Cc1ccccc1. The zero-order valence-corrected chi connectivity index (χ0v) is 11.8. The van der Waals surface area contributed by atoms with Crippen LogP contribution in [-0.2, 0) is 17.8 Å². The van der Waals surface area contributed by atoms with Gasteiger partial charge in [-0.15, -0.1) is 0 Å². The van der Waals surface area contributed by atoms with Gasteiger partial charge in [-0.3, -0.25) is 4.79 Å². The molecule has 21 heavy (non-hydrogen) atoms. The van der Waals surface area contributed by atoms with Crippen LogP contribution >= 0.6 is 0 Å². The van der Waals surface area contributed by atoms with Gasteiger partial charge in [-0.05, 0) is 17.2 Å². The largest absolute Gasteiger partial charge is 0.484 e. The fourth-order valence-corrected chi connectivity index (χ4v) is 3.38. The molecule has 0 bridgehead atoms. The van der Waals surface area contributed by atoms with Gasteiger partial charge in [-0.2, -0.15) is 0 Å². The highest BCUT2D eigenvalue weighted by Crippen LogP contribution is 2.40. The maximum Gasteiger partial charge on any atom is 0.227 e. The first-order chi connectivity index (χ1) is 10.2. The lowest BCUT2D eigenvalue weighted by atomic mass is 9.96. The predicted octanol–water partition coefficient (Wildman–Crippen LogP) is 2.79. The van der Waals surface area contributed by atoms with Gasteiger partial charge in [0.25, 0.3) is 0 Å². The Morgan fingerprint density at radius 3 is 2.57 bits per heavy atom. The normalized spacial score (nSPS) is 23.4. The van der Waals surface area contributed by atoms with Crippen molar-refractivity contribution in [1.29, 1.82) is 0 Å². The molecule has 2 aliphatic rings. The molecule has 0 saturated carbocycles. The van der Waals surface area contributed by atoms with Crippen molar-refractivity contribution in [2.24, 2.45) is 0 Å². The second kappa shape index (κ2) is 4.62. The Kier molecular flexibility index (Phi) is 2.74. The van der Waals surface area contributed by atoms with Crippen LogP contribution in [0.3, 0.4) is 0 Å². The van der Waals surface area contributed by atoms with Gasteiger partial charge in [-0.1, -0.05) is 48.5 Å². The van der Waals surface area contributed by atoms with E-state index in [1.54, 1.807) is 0 Å². The van der Waals surface area contributed by atoms with Gasteiger partial charge >= 0.3 is 0 Å². The molecule has 1 fully saturated rings. The Morgan fingerprint density at radius 2 is 1.76 bits per heavy atom. The van der Waals surface area contributed by atoms with Crippen molar-refractivity contribution in [3.8, 4) is 5.75 Å². The number of likely N-dealkylation sites (tertiary alicyclic amines) is 1. The predicted molar refractivity (Wildman–Crippen MR) is 80.0 cm³/mol. The van der Waals surface area contributed by atoms with Crippen LogP contribution in [0.15, 0.2) is 54.6 Å². The van der Waals surface area contributed by atoms with Crippen LogP contribution in [0.4, 0.5) is 0 Å². The number of nitrogens with zero attached hydrogens (tertiary/aromatic N) is 1. The topological polar surface area (TPSA) is 29.5 Å². The summed E-state index contributed by atoms with van der Waals surface area (Å²) >= 11 is 0. The molecule has 2 aromatic rings. The number of ether oxygens (including phenoxy) is 1. The molecular formula is C18H17NO2. The summed E-state index contributed by atoms with van der Waals surface area (Å²) in [6, 6.07) is 18.2. The summed E-state index contributed by atoms with van der Waals surface area (Å²) in [6.45, 7) is 1.34. The third-order valence-corrected chi connectivity index (χ3v) is 4.33. The minimum atomic E-state index is -0.352. The van der Waals surface area contributed by atoms with E-state index in [9.17, 15) is 4.79 Å². The van der Waals surface area contributed by atoms with Crippen molar-refractivity contribution in [2.75, 3.05) is 6.54 Å². The molecule has 2 aromatic carbocycles. The molecule has 0 aliphatic carbocycles. The molecular weight excluding hydrogens is 262 g/mol. The highest BCUT2D eigenvalue weighted by atomic mass is 16.5. The van der Waals surface area contributed by atoms with Gasteiger partial charge in [0, 0.05) is 13.0 Å². The highest BCUT2D eigenvalue weighted by molar-refractivity contribution is 5.80. The zero-order chi connectivity index (χ0) is 14.3. The van der Waals surface area contributed by atoms with Gasteiger partial charge < -0.3 is 9.64 Å². The summed E-state index contributed by atoms with van der Waals surface area (Å²) in [5.41, 5.74) is 2.03. The number of fused-ring (bicyclic) bond motifs is 1.